The minimum absolute atomic E-state index is 0.118. The first-order valence-electron chi connectivity index (χ1n) is 33.4. The van der Waals surface area contributed by atoms with Gasteiger partial charge in [0, 0.05) is 48.5 Å². The highest BCUT2D eigenvalue weighted by Gasteiger charge is 2.33. The molecule has 0 amide bonds. The van der Waals surface area contributed by atoms with E-state index in [-0.39, 0.29) is 6.04 Å². The molecule has 0 radical (unpaired) electrons. The number of anilines is 5. The summed E-state index contributed by atoms with van der Waals surface area (Å²) >= 11 is 0. The van der Waals surface area contributed by atoms with Gasteiger partial charge in [-0.05, 0) is 60.0 Å². The molecule has 0 N–H and O–H groups in total. The van der Waals surface area contributed by atoms with Crippen molar-refractivity contribution in [2.24, 2.45) is 0 Å². The molecule has 0 saturated carbocycles. The van der Waals surface area contributed by atoms with Crippen molar-refractivity contribution in [3.05, 3.63) is 419 Å². The number of allylic oxidation sites excluding steroid dienone is 1. The molecule has 4 nitrogen and oxygen atoms in total. The van der Waals surface area contributed by atoms with Gasteiger partial charge in [0.1, 0.15) is 18.8 Å². The maximum atomic E-state index is 4.07. The van der Waals surface area contributed by atoms with Gasteiger partial charge in [-0.15, -0.1) is 0 Å². The van der Waals surface area contributed by atoms with Crippen molar-refractivity contribution in [1.82, 2.24) is 0 Å². The van der Waals surface area contributed by atoms with Gasteiger partial charge < -0.3 is 9.80 Å². The molecule has 1 unspecified atom stereocenters. The summed E-state index contributed by atoms with van der Waals surface area (Å²) in [4.78, 5) is 4.88. The van der Waals surface area contributed by atoms with Crippen LogP contribution in [0, 0.1) is 0 Å². The van der Waals surface area contributed by atoms with Crippen LogP contribution in [0.2, 0.25) is 0 Å². The molecular formula is C89H78B2N4. The van der Waals surface area contributed by atoms with E-state index < -0.39 is 12.3 Å². The van der Waals surface area contributed by atoms with E-state index in [1.54, 1.807) is 0 Å². The fourth-order valence-electron chi connectivity index (χ4n) is 14.6. The predicted octanol–water partition coefficient (Wildman–Crippen LogP) is 15.2. The Labute approximate surface area is 562 Å². The smallest absolute Gasteiger partial charge is 0.201 e. The standard InChI is InChI=1S/C41H38N4.2C24H20B/c1-2-37(35-15-5-3-6-16-35)43-31-25-34(26-32-43)33-23-29-42(30-24-33)27-13-14-28-44-38-19-9-11-21-40(38)45(36-17-7-4-8-18-36)41-22-12-10-20-39(41)44;2*1-5-13-21(14-6-1)25(22-15-7-2-8-16-22,23-17-9-3-10-18-23)24-19-11-4-12-20-24/h2-12,15-26,29-32,37H,1,13-14,27-28H2;2*1-20H/q+2;2*-1. The lowest BCUT2D eigenvalue weighted by molar-refractivity contribution is -0.703. The third-order valence-corrected chi connectivity index (χ3v) is 19.0. The van der Waals surface area contributed by atoms with E-state index in [4.69, 9.17) is 0 Å². The van der Waals surface area contributed by atoms with Crippen LogP contribution in [0.5, 0.6) is 0 Å². The van der Waals surface area contributed by atoms with Crippen molar-refractivity contribution >= 4 is 84.4 Å². The first-order chi connectivity index (χ1) is 47.1. The van der Waals surface area contributed by atoms with Crippen LogP contribution < -0.4 is 62.6 Å². The van der Waals surface area contributed by atoms with Gasteiger partial charge in [-0.3, -0.25) is 0 Å². The molecule has 1 aliphatic heterocycles. The van der Waals surface area contributed by atoms with Gasteiger partial charge >= 0.3 is 0 Å². The number of pyridine rings is 2. The monoisotopic (exact) mass is 1220 g/mol. The Kier molecular flexibility index (Phi) is 19.8. The Morgan fingerprint density at radius 3 is 0.884 bits per heavy atom. The topological polar surface area (TPSA) is 14.2 Å². The largest absolute Gasteiger partial charge is 0.338 e. The molecular weight excluding hydrogens is 1150 g/mol. The lowest BCUT2D eigenvalue weighted by Gasteiger charge is -2.44. The molecule has 0 saturated heterocycles. The number of para-hydroxylation sites is 5. The summed E-state index contributed by atoms with van der Waals surface area (Å²) in [6, 6.07) is 135. The number of benzene rings is 12. The summed E-state index contributed by atoms with van der Waals surface area (Å²) in [7, 11) is 0. The molecule has 0 aliphatic carbocycles. The molecule has 1 aliphatic rings. The Hall–Kier alpha value is -11.6. The number of nitrogens with zero attached hydrogens (tertiary/aromatic N) is 4. The van der Waals surface area contributed by atoms with E-state index in [0.29, 0.717) is 0 Å². The average Bonchev–Trinajstić information content (AvgIpc) is 0.765. The highest BCUT2D eigenvalue weighted by atomic mass is 15.3. The maximum Gasteiger partial charge on any atom is 0.201 e. The van der Waals surface area contributed by atoms with Gasteiger partial charge in [0.15, 0.2) is 24.8 Å². The van der Waals surface area contributed by atoms with Gasteiger partial charge in [0.25, 0.3) is 0 Å². The van der Waals surface area contributed by atoms with E-state index in [9.17, 15) is 0 Å². The summed E-state index contributed by atoms with van der Waals surface area (Å²) in [5.41, 5.74) is 20.5. The molecule has 6 heteroatoms. The van der Waals surface area contributed by atoms with Crippen molar-refractivity contribution in [2.45, 2.75) is 25.4 Å². The number of aryl methyl sites for hydroxylation is 1. The molecule has 1 atom stereocenters. The lowest BCUT2D eigenvalue weighted by Crippen LogP contribution is -2.74. The fourth-order valence-corrected chi connectivity index (χ4v) is 14.6. The van der Waals surface area contributed by atoms with Crippen LogP contribution in [0.3, 0.4) is 0 Å². The second-order valence-corrected chi connectivity index (χ2v) is 24.5. The second-order valence-electron chi connectivity index (χ2n) is 24.5. The van der Waals surface area contributed by atoms with E-state index in [0.717, 1.165) is 25.9 Å². The molecule has 0 bridgehead atoms. The van der Waals surface area contributed by atoms with Crippen LogP contribution in [0.4, 0.5) is 28.4 Å². The number of rotatable bonds is 18. The van der Waals surface area contributed by atoms with Crippen LogP contribution in [0.15, 0.2) is 414 Å². The SMILES string of the molecule is C=CC(c1ccccc1)[n+]1ccc(-c2cc[n+](CCCCN3c4ccccc4N(c4ccccc4)c4ccccc43)cc2)cc1.c1ccc([B-](c2ccccc2)(c2ccccc2)c2ccccc2)cc1.c1ccc([B-](c2ccccc2)(c2ccccc2)c2ccccc2)cc1. The first-order valence-corrected chi connectivity index (χ1v) is 33.4. The number of aromatic nitrogens is 2. The normalized spacial score (nSPS) is 11.9. The summed E-state index contributed by atoms with van der Waals surface area (Å²) < 4.78 is 4.50. The molecule has 0 spiro atoms. The van der Waals surface area contributed by atoms with Crippen molar-refractivity contribution in [2.75, 3.05) is 16.3 Å². The third-order valence-electron chi connectivity index (χ3n) is 19.0. The summed E-state index contributed by atoms with van der Waals surface area (Å²) in [5, 5.41) is 0. The Morgan fingerprint density at radius 2 is 0.568 bits per heavy atom. The molecule has 95 heavy (non-hydrogen) atoms. The number of unbranched alkanes of at least 4 members (excludes halogenated alkanes) is 1. The fraction of sp³-hybridized carbons (Fsp3) is 0.0562. The predicted molar refractivity (Wildman–Crippen MR) is 405 cm³/mol. The van der Waals surface area contributed by atoms with E-state index in [1.165, 1.54) is 88.8 Å². The Bertz CT molecular complexity index is 4100. The van der Waals surface area contributed by atoms with Gasteiger partial charge in [-0.1, -0.05) is 322 Å². The summed E-state index contributed by atoms with van der Waals surface area (Å²) in [6.07, 6.45) is 10.4. The molecule has 2 aromatic heterocycles. The third kappa shape index (κ3) is 13.4. The van der Waals surface area contributed by atoms with Crippen molar-refractivity contribution in [3.63, 3.8) is 0 Å². The number of hydrogen-bond donors (Lipinski definition) is 0. The average molecular weight is 1230 g/mol. The highest BCUT2D eigenvalue weighted by molar-refractivity contribution is 7.20. The van der Waals surface area contributed by atoms with Crippen LogP contribution >= 0.6 is 0 Å². The Balaban J connectivity index is 0.000000139. The molecule has 0 fully saturated rings. The molecule has 460 valence electrons. The number of fused-ring (bicyclic) bond motifs is 2. The van der Waals surface area contributed by atoms with Gasteiger partial charge in [-0.25, -0.2) is 4.57 Å². The van der Waals surface area contributed by atoms with Crippen molar-refractivity contribution in [3.8, 4) is 11.1 Å². The zero-order valence-corrected chi connectivity index (χ0v) is 53.7. The minimum atomic E-state index is -1.22. The van der Waals surface area contributed by atoms with Crippen LogP contribution in [0.25, 0.3) is 11.1 Å². The van der Waals surface area contributed by atoms with E-state index >= 15 is 0 Å². The quantitative estimate of drug-likeness (QED) is 0.0368. The van der Waals surface area contributed by atoms with Crippen LogP contribution in [-0.4, -0.2) is 18.8 Å². The highest BCUT2D eigenvalue weighted by Crippen LogP contribution is 2.51. The van der Waals surface area contributed by atoms with Gasteiger partial charge in [0.2, 0.25) is 6.04 Å². The summed E-state index contributed by atoms with van der Waals surface area (Å²) in [6.45, 7) is 6.02. The maximum absolute atomic E-state index is 4.07. The lowest BCUT2D eigenvalue weighted by atomic mass is 9.13. The second kappa shape index (κ2) is 30.2. The summed E-state index contributed by atoms with van der Waals surface area (Å²) in [5.74, 6) is 0. The van der Waals surface area contributed by atoms with E-state index in [2.05, 4.69) is 420 Å². The van der Waals surface area contributed by atoms with Gasteiger partial charge in [0.05, 0.1) is 22.7 Å². The minimum Gasteiger partial charge on any atom is -0.338 e. The molecule has 3 heterocycles. The van der Waals surface area contributed by atoms with Crippen molar-refractivity contribution in [1.29, 1.82) is 0 Å². The van der Waals surface area contributed by atoms with Gasteiger partial charge in [-0.2, -0.15) is 48.3 Å². The Morgan fingerprint density at radius 1 is 0.295 bits per heavy atom. The van der Waals surface area contributed by atoms with Crippen LogP contribution in [0.1, 0.15) is 24.4 Å². The van der Waals surface area contributed by atoms with Crippen LogP contribution in [-0.2, 0) is 6.54 Å². The zero-order chi connectivity index (χ0) is 64.3. The van der Waals surface area contributed by atoms with Crippen molar-refractivity contribution < 1.29 is 9.13 Å². The number of hydrogen-bond acceptors (Lipinski definition) is 2. The zero-order valence-electron chi connectivity index (χ0n) is 53.7. The van der Waals surface area contributed by atoms with E-state index in [1.807, 2.05) is 12.1 Å². The molecule has 14 aromatic rings. The first kappa shape index (κ1) is 62.2. The molecule has 15 rings (SSSR count). The molecule has 12 aromatic carbocycles.